The van der Waals surface area contributed by atoms with Crippen molar-refractivity contribution >= 4 is 12.4 Å². The molecule has 0 aliphatic carbocycles. The van der Waals surface area contributed by atoms with Crippen LogP contribution < -0.4 is 14.8 Å². The second kappa shape index (κ2) is 6.98. The maximum absolute atomic E-state index is 13.3. The van der Waals surface area contributed by atoms with Crippen LogP contribution in [0.1, 0.15) is 31.4 Å². The molecule has 3 rings (SSSR count). The smallest absolute Gasteiger partial charge is 0.395 e. The Morgan fingerprint density at radius 1 is 1.27 bits per heavy atom. The number of rotatable bonds is 4. The fourth-order valence-electron chi connectivity index (χ4n) is 3.05. The van der Waals surface area contributed by atoms with Crippen LogP contribution in [0.3, 0.4) is 0 Å². The van der Waals surface area contributed by atoms with Gasteiger partial charge in [-0.15, -0.1) is 21.2 Å². The first-order chi connectivity index (χ1) is 10.1. The van der Waals surface area contributed by atoms with Gasteiger partial charge in [-0.25, -0.2) is 0 Å². The molecule has 1 atom stereocenters. The maximum atomic E-state index is 13.3. The molecule has 22 heavy (non-hydrogen) atoms. The highest BCUT2D eigenvalue weighted by atomic mass is 35.5. The highest BCUT2D eigenvalue weighted by molar-refractivity contribution is 5.85. The summed E-state index contributed by atoms with van der Waals surface area (Å²) >= 11 is 0. The van der Waals surface area contributed by atoms with Crippen molar-refractivity contribution in [2.24, 2.45) is 0 Å². The topological polar surface area (TPSA) is 33.7 Å². The van der Waals surface area contributed by atoms with Gasteiger partial charge in [0.2, 0.25) is 0 Å². The molecule has 7 heteroatoms. The molecule has 1 N–H and O–H groups in total. The van der Waals surface area contributed by atoms with E-state index in [2.05, 4.69) is 21.9 Å². The van der Waals surface area contributed by atoms with E-state index in [1.807, 2.05) is 6.07 Å². The Labute approximate surface area is 135 Å². The molecule has 0 aromatic heterocycles. The van der Waals surface area contributed by atoms with E-state index in [1.54, 1.807) is 6.07 Å². The molecule has 2 aliphatic heterocycles. The van der Waals surface area contributed by atoms with Gasteiger partial charge in [0.15, 0.2) is 11.5 Å². The summed E-state index contributed by atoms with van der Waals surface area (Å²) in [6, 6.07) is 5.24. The zero-order valence-corrected chi connectivity index (χ0v) is 13.3. The number of hydrogen-bond donors (Lipinski definition) is 1. The van der Waals surface area contributed by atoms with Crippen LogP contribution in [-0.4, -0.2) is 37.4 Å². The molecule has 0 bridgehead atoms. The first-order valence-corrected chi connectivity index (χ1v) is 7.44. The standard InChI is InChI=1S/C15H20F2N2O2.ClH/c1-2-4-12(19-9-7-18-8-10-19)11-5-3-6-13-14(11)21-15(16,17)20-13;/h3,5-6,12,18H,2,4,7-10H2,1H3;1H/t12-;/m0./s1. The second-order valence-electron chi connectivity index (χ2n) is 5.43. The Kier molecular flexibility index (Phi) is 5.47. The second-order valence-corrected chi connectivity index (χ2v) is 5.43. The molecule has 1 fully saturated rings. The summed E-state index contributed by atoms with van der Waals surface area (Å²) in [5.41, 5.74) is 0.799. The van der Waals surface area contributed by atoms with Gasteiger partial charge in [-0.2, -0.15) is 0 Å². The van der Waals surface area contributed by atoms with Gasteiger partial charge in [0.25, 0.3) is 0 Å². The summed E-state index contributed by atoms with van der Waals surface area (Å²) < 4.78 is 36.0. The minimum absolute atomic E-state index is 0. The third-order valence-corrected chi connectivity index (χ3v) is 3.97. The van der Waals surface area contributed by atoms with Gasteiger partial charge in [-0.1, -0.05) is 25.5 Å². The van der Waals surface area contributed by atoms with Gasteiger partial charge in [0.1, 0.15) is 0 Å². The molecular formula is C15H21ClF2N2O2. The molecule has 1 aromatic rings. The minimum Gasteiger partial charge on any atom is -0.395 e. The number of halogens is 3. The highest BCUT2D eigenvalue weighted by Gasteiger charge is 2.45. The summed E-state index contributed by atoms with van der Waals surface area (Å²) in [5.74, 6) is 0.327. The summed E-state index contributed by atoms with van der Waals surface area (Å²) in [6.07, 6.45) is -1.67. The third-order valence-electron chi connectivity index (χ3n) is 3.97. The minimum atomic E-state index is -3.56. The molecule has 4 nitrogen and oxygen atoms in total. The largest absolute Gasteiger partial charge is 0.586 e. The molecule has 2 heterocycles. The van der Waals surface area contributed by atoms with Gasteiger partial charge in [-0.3, -0.25) is 4.90 Å². The molecule has 1 aromatic carbocycles. The normalized spacial score (nSPS) is 21.2. The summed E-state index contributed by atoms with van der Waals surface area (Å²) in [6.45, 7) is 5.76. The summed E-state index contributed by atoms with van der Waals surface area (Å²) in [5, 5.41) is 3.31. The molecular weight excluding hydrogens is 314 g/mol. The average molecular weight is 335 g/mol. The van der Waals surface area contributed by atoms with Crippen LogP contribution in [0.4, 0.5) is 8.78 Å². The molecule has 2 aliphatic rings. The Morgan fingerprint density at radius 2 is 2.00 bits per heavy atom. The predicted octanol–water partition coefficient (Wildman–Crippen LogP) is 3.18. The van der Waals surface area contributed by atoms with Gasteiger partial charge < -0.3 is 14.8 Å². The lowest BCUT2D eigenvalue weighted by Gasteiger charge is -2.35. The van der Waals surface area contributed by atoms with E-state index < -0.39 is 6.29 Å². The van der Waals surface area contributed by atoms with Gasteiger partial charge in [0.05, 0.1) is 0 Å². The molecule has 0 radical (unpaired) electrons. The molecule has 1 saturated heterocycles. The number of ether oxygens (including phenoxy) is 2. The van der Waals surface area contributed by atoms with Gasteiger partial charge >= 0.3 is 6.29 Å². The van der Waals surface area contributed by atoms with E-state index in [-0.39, 0.29) is 29.9 Å². The maximum Gasteiger partial charge on any atom is 0.586 e. The lowest BCUT2D eigenvalue weighted by Crippen LogP contribution is -2.45. The van der Waals surface area contributed by atoms with E-state index in [4.69, 9.17) is 4.74 Å². The first kappa shape index (κ1) is 17.2. The number of hydrogen-bond acceptors (Lipinski definition) is 4. The predicted molar refractivity (Wildman–Crippen MR) is 82.0 cm³/mol. The SMILES string of the molecule is CCC[C@@H](c1cccc2c1OC(F)(F)O2)N1CCNCC1.Cl. The molecule has 124 valence electrons. The summed E-state index contributed by atoms with van der Waals surface area (Å²) in [4.78, 5) is 2.33. The Morgan fingerprint density at radius 3 is 2.68 bits per heavy atom. The number of para-hydroxylation sites is 1. The lowest BCUT2D eigenvalue weighted by molar-refractivity contribution is -0.287. The molecule has 0 saturated carbocycles. The quantitative estimate of drug-likeness (QED) is 0.917. The van der Waals surface area contributed by atoms with E-state index in [9.17, 15) is 8.78 Å². The van der Waals surface area contributed by atoms with Crippen molar-refractivity contribution in [1.82, 2.24) is 10.2 Å². The number of benzene rings is 1. The highest BCUT2D eigenvalue weighted by Crippen LogP contribution is 2.46. The average Bonchev–Trinajstić information content (AvgIpc) is 2.79. The van der Waals surface area contributed by atoms with Crippen LogP contribution in [0.5, 0.6) is 11.5 Å². The fraction of sp³-hybridized carbons (Fsp3) is 0.600. The van der Waals surface area contributed by atoms with Crippen molar-refractivity contribution in [3.05, 3.63) is 23.8 Å². The van der Waals surface area contributed by atoms with Gasteiger partial charge in [-0.05, 0) is 12.5 Å². The van der Waals surface area contributed by atoms with Crippen molar-refractivity contribution in [1.29, 1.82) is 0 Å². The fourth-order valence-corrected chi connectivity index (χ4v) is 3.05. The van der Waals surface area contributed by atoms with Crippen LogP contribution in [-0.2, 0) is 0 Å². The molecule has 0 amide bonds. The Hall–Kier alpha value is -1.11. The molecule has 0 unspecified atom stereocenters. The van der Waals surface area contributed by atoms with Crippen molar-refractivity contribution in [2.45, 2.75) is 32.1 Å². The zero-order chi connectivity index (χ0) is 14.9. The van der Waals surface area contributed by atoms with E-state index in [1.165, 1.54) is 6.07 Å². The first-order valence-electron chi connectivity index (χ1n) is 7.44. The van der Waals surface area contributed by atoms with Crippen molar-refractivity contribution < 1.29 is 18.3 Å². The van der Waals surface area contributed by atoms with Crippen molar-refractivity contribution in [3.63, 3.8) is 0 Å². The van der Waals surface area contributed by atoms with Gasteiger partial charge in [0, 0.05) is 37.8 Å². The molecule has 0 spiro atoms. The lowest BCUT2D eigenvalue weighted by atomic mass is 9.98. The monoisotopic (exact) mass is 334 g/mol. The van der Waals surface area contributed by atoms with E-state index in [0.717, 1.165) is 44.6 Å². The number of fused-ring (bicyclic) bond motifs is 1. The van der Waals surface area contributed by atoms with E-state index in [0.29, 0.717) is 0 Å². The Balaban J connectivity index is 0.00000176. The number of alkyl halides is 2. The van der Waals surface area contributed by atoms with E-state index >= 15 is 0 Å². The van der Waals surface area contributed by atoms with Crippen molar-refractivity contribution in [3.8, 4) is 11.5 Å². The number of nitrogens with zero attached hydrogens (tertiary/aromatic N) is 1. The Bertz CT molecular complexity index is 510. The number of piperazine rings is 1. The third kappa shape index (κ3) is 3.45. The summed E-state index contributed by atoms with van der Waals surface area (Å²) in [7, 11) is 0. The van der Waals surface area contributed by atoms with Crippen LogP contribution in [0.15, 0.2) is 18.2 Å². The van der Waals surface area contributed by atoms with Crippen LogP contribution in [0, 0.1) is 0 Å². The van der Waals surface area contributed by atoms with Crippen molar-refractivity contribution in [2.75, 3.05) is 26.2 Å². The van der Waals surface area contributed by atoms with Crippen LogP contribution >= 0.6 is 12.4 Å². The van der Waals surface area contributed by atoms with Crippen LogP contribution in [0.25, 0.3) is 0 Å². The number of nitrogens with one attached hydrogen (secondary N) is 1. The zero-order valence-electron chi connectivity index (χ0n) is 12.5. The van der Waals surface area contributed by atoms with Crippen LogP contribution in [0.2, 0.25) is 0 Å².